The number of carbonyl (C=O) groups excluding carboxylic acids is 2. The first-order valence-electron chi connectivity index (χ1n) is 30.7. The third-order valence-electron chi connectivity index (χ3n) is 16.1. The highest BCUT2D eigenvalue weighted by Crippen LogP contribution is 2.46. The monoisotopic (exact) mass is 963 g/mol. The van der Waals surface area contributed by atoms with Crippen molar-refractivity contribution in [3.05, 3.63) is 68.8 Å². The number of carbonyl (C=O) groups is 2. The smallest absolute Gasteiger partial charge is 0.198 e. The molecule has 4 nitrogen and oxygen atoms in total. The standard InChI is InChI=1S/C66H106O4/c1-5-9-13-17-21-25-29-33-37-41-45-53-49-57-58(50-54(53)46-42-38-34-30-26-22-18-14-10-6-2)64(68)62-61(63(57)67)65(69)59-51-55(47-43-39-35-31-27-23-19-15-11-7-3)56(52-60(59)66(62)70)48-44-40-36-32-28-24-20-16-12-8-4/h49-52,67-68H,5-48H2,1-4H3. The molecule has 70 heavy (non-hydrogen) atoms. The van der Waals surface area contributed by atoms with E-state index in [0.717, 1.165) is 51.4 Å². The summed E-state index contributed by atoms with van der Waals surface area (Å²) in [5.74, 6) is -0.959. The van der Waals surface area contributed by atoms with Crippen LogP contribution in [0.4, 0.5) is 0 Å². The van der Waals surface area contributed by atoms with Crippen LogP contribution in [0.1, 0.15) is 339 Å². The van der Waals surface area contributed by atoms with E-state index in [0.29, 0.717) is 21.9 Å². The summed E-state index contributed by atoms with van der Waals surface area (Å²) in [6.45, 7) is 9.10. The summed E-state index contributed by atoms with van der Waals surface area (Å²) in [6, 6.07) is 8.13. The highest BCUT2D eigenvalue weighted by atomic mass is 16.3. The van der Waals surface area contributed by atoms with E-state index in [2.05, 4.69) is 39.8 Å². The molecular formula is C66H106O4. The van der Waals surface area contributed by atoms with Crippen LogP contribution in [0.2, 0.25) is 0 Å². The normalized spacial score (nSPS) is 12.4. The average molecular weight is 964 g/mol. The fourth-order valence-corrected chi connectivity index (χ4v) is 11.5. The van der Waals surface area contributed by atoms with Crippen LogP contribution < -0.4 is 0 Å². The number of ketones is 2. The number of hydrogen-bond acceptors (Lipinski definition) is 4. The molecule has 0 saturated carbocycles. The molecule has 0 bridgehead atoms. The van der Waals surface area contributed by atoms with E-state index in [4.69, 9.17) is 0 Å². The summed E-state index contributed by atoms with van der Waals surface area (Å²) in [7, 11) is 0. The number of rotatable bonds is 44. The van der Waals surface area contributed by atoms with E-state index in [1.54, 1.807) is 0 Å². The fraction of sp³-hybridized carbons (Fsp3) is 0.727. The maximum absolute atomic E-state index is 14.7. The molecule has 3 aromatic carbocycles. The van der Waals surface area contributed by atoms with Gasteiger partial charge in [0.2, 0.25) is 0 Å². The van der Waals surface area contributed by atoms with Gasteiger partial charge in [0.1, 0.15) is 11.5 Å². The second-order valence-corrected chi connectivity index (χ2v) is 22.2. The van der Waals surface area contributed by atoms with Crippen molar-refractivity contribution in [2.45, 2.75) is 310 Å². The van der Waals surface area contributed by atoms with Gasteiger partial charge in [-0.2, -0.15) is 0 Å². The zero-order chi connectivity index (χ0) is 50.0. The lowest BCUT2D eigenvalue weighted by Gasteiger charge is -2.24. The number of aromatic hydroxyl groups is 2. The van der Waals surface area contributed by atoms with Crippen LogP contribution in [0.3, 0.4) is 0 Å². The van der Waals surface area contributed by atoms with E-state index in [9.17, 15) is 19.8 Å². The summed E-state index contributed by atoms with van der Waals surface area (Å²) in [5.41, 5.74) is 5.54. The molecule has 4 heteroatoms. The molecule has 1 aliphatic carbocycles. The minimum absolute atomic E-state index is 0.0119. The Labute approximate surface area is 430 Å². The summed E-state index contributed by atoms with van der Waals surface area (Å²) in [5, 5.41) is 25.3. The zero-order valence-corrected chi connectivity index (χ0v) is 46.1. The summed E-state index contributed by atoms with van der Waals surface area (Å²) < 4.78 is 0. The van der Waals surface area contributed by atoms with Crippen LogP contribution in [0, 0.1) is 0 Å². The van der Waals surface area contributed by atoms with Gasteiger partial charge in [0, 0.05) is 21.9 Å². The Morgan fingerprint density at radius 1 is 0.271 bits per heavy atom. The van der Waals surface area contributed by atoms with Gasteiger partial charge in [0.15, 0.2) is 11.6 Å². The Kier molecular flexibility index (Phi) is 31.2. The first-order chi connectivity index (χ1) is 34.4. The number of phenolic OH excluding ortho intramolecular Hbond substituents is 2. The maximum atomic E-state index is 14.7. The number of phenols is 2. The molecule has 0 fully saturated rings. The molecule has 0 saturated heterocycles. The van der Waals surface area contributed by atoms with E-state index in [-0.39, 0.29) is 34.2 Å². The van der Waals surface area contributed by atoms with Gasteiger partial charge in [-0.05, 0) is 97.9 Å². The molecule has 1 aliphatic rings. The summed E-state index contributed by atoms with van der Waals surface area (Å²) >= 11 is 0. The van der Waals surface area contributed by atoms with Crippen molar-refractivity contribution in [1.82, 2.24) is 0 Å². The van der Waals surface area contributed by atoms with Gasteiger partial charge in [-0.25, -0.2) is 0 Å². The fourth-order valence-electron chi connectivity index (χ4n) is 11.5. The Hall–Kier alpha value is -3.14. The SMILES string of the molecule is CCCCCCCCCCCCc1cc2c(cc1CCCCCCCCCCCC)C(=O)c1c(c(O)c3cc(CCCCCCCCCCCC)c(CCCCCCCCCCCC)cc3c1O)C2=O. The topological polar surface area (TPSA) is 74.6 Å². The third-order valence-corrected chi connectivity index (χ3v) is 16.1. The van der Waals surface area contributed by atoms with Gasteiger partial charge in [-0.3, -0.25) is 9.59 Å². The Bertz CT molecular complexity index is 1770. The number of benzene rings is 3. The molecular weight excluding hydrogens is 857 g/mol. The van der Waals surface area contributed by atoms with Gasteiger partial charge in [-0.1, -0.05) is 259 Å². The van der Waals surface area contributed by atoms with E-state index in [1.165, 1.54) is 253 Å². The highest BCUT2D eigenvalue weighted by Gasteiger charge is 2.37. The van der Waals surface area contributed by atoms with Crippen LogP contribution in [0.25, 0.3) is 10.8 Å². The van der Waals surface area contributed by atoms with Gasteiger partial charge < -0.3 is 10.2 Å². The molecule has 3 aromatic rings. The lowest BCUT2D eigenvalue weighted by atomic mass is 9.78. The van der Waals surface area contributed by atoms with Gasteiger partial charge in [0.25, 0.3) is 0 Å². The molecule has 394 valence electrons. The van der Waals surface area contributed by atoms with Crippen LogP contribution in [0.5, 0.6) is 11.5 Å². The largest absolute Gasteiger partial charge is 0.506 e. The van der Waals surface area contributed by atoms with Gasteiger partial charge in [0.05, 0.1) is 11.1 Å². The molecule has 0 spiro atoms. The molecule has 4 rings (SSSR count). The second kappa shape index (κ2) is 36.7. The lowest BCUT2D eigenvalue weighted by molar-refractivity contribution is 0.0974. The van der Waals surface area contributed by atoms with Crippen molar-refractivity contribution in [1.29, 1.82) is 0 Å². The minimum atomic E-state index is -0.334. The van der Waals surface area contributed by atoms with E-state index in [1.807, 2.05) is 12.1 Å². The summed E-state index contributed by atoms with van der Waals surface area (Å²) in [4.78, 5) is 29.5. The van der Waals surface area contributed by atoms with Gasteiger partial charge >= 0.3 is 0 Å². The number of aryl methyl sites for hydroxylation is 4. The van der Waals surface area contributed by atoms with Crippen molar-refractivity contribution < 1.29 is 19.8 Å². The summed E-state index contributed by atoms with van der Waals surface area (Å²) in [6.07, 6.45) is 54.7. The van der Waals surface area contributed by atoms with Gasteiger partial charge in [-0.15, -0.1) is 0 Å². The van der Waals surface area contributed by atoms with Crippen LogP contribution in [-0.2, 0) is 25.7 Å². The molecule has 0 radical (unpaired) electrons. The predicted octanol–water partition coefficient (Wildman–Crippen LogP) is 20.9. The molecule has 0 aromatic heterocycles. The molecule has 0 unspecified atom stereocenters. The number of fused-ring (bicyclic) bond motifs is 3. The predicted molar refractivity (Wildman–Crippen MR) is 303 cm³/mol. The maximum Gasteiger partial charge on any atom is 0.198 e. The van der Waals surface area contributed by atoms with Crippen molar-refractivity contribution in [3.8, 4) is 11.5 Å². The van der Waals surface area contributed by atoms with Crippen LogP contribution >= 0.6 is 0 Å². The Morgan fingerprint density at radius 3 is 0.671 bits per heavy atom. The lowest BCUT2D eigenvalue weighted by Crippen LogP contribution is -2.22. The first kappa shape index (κ1) is 59.4. The van der Waals surface area contributed by atoms with Crippen molar-refractivity contribution in [3.63, 3.8) is 0 Å². The number of hydrogen-bond donors (Lipinski definition) is 2. The average Bonchev–Trinajstić information content (AvgIpc) is 3.36. The second-order valence-electron chi connectivity index (χ2n) is 22.2. The van der Waals surface area contributed by atoms with Crippen molar-refractivity contribution in [2.75, 3.05) is 0 Å². The first-order valence-corrected chi connectivity index (χ1v) is 30.7. The quantitative estimate of drug-likeness (QED) is 0.0342. The third kappa shape index (κ3) is 20.8. The highest BCUT2D eigenvalue weighted by molar-refractivity contribution is 6.32. The van der Waals surface area contributed by atoms with E-state index < -0.39 is 0 Å². The molecule has 0 atom stereocenters. The minimum Gasteiger partial charge on any atom is -0.506 e. The molecule has 0 amide bonds. The van der Waals surface area contributed by atoms with Crippen molar-refractivity contribution >= 4 is 22.3 Å². The molecule has 0 aliphatic heterocycles. The number of unbranched alkanes of at least 4 members (excludes halogenated alkanes) is 36. The zero-order valence-electron chi connectivity index (χ0n) is 46.1. The Morgan fingerprint density at radius 2 is 0.457 bits per heavy atom. The molecule has 0 heterocycles. The van der Waals surface area contributed by atoms with Crippen molar-refractivity contribution in [2.24, 2.45) is 0 Å². The van der Waals surface area contributed by atoms with Crippen LogP contribution in [-0.4, -0.2) is 21.8 Å². The Balaban J connectivity index is 1.54. The van der Waals surface area contributed by atoms with Crippen LogP contribution in [0.15, 0.2) is 24.3 Å². The molecule has 2 N–H and O–H groups in total. The van der Waals surface area contributed by atoms with E-state index >= 15 is 0 Å².